The maximum absolute atomic E-state index is 13.3. The van der Waals surface area contributed by atoms with Crippen molar-refractivity contribution in [2.75, 3.05) is 19.7 Å². The molecule has 6 heteroatoms. The zero-order valence-electron chi connectivity index (χ0n) is 11.7. The summed E-state index contributed by atoms with van der Waals surface area (Å²) in [6.07, 6.45) is 4.21. The third-order valence-electron chi connectivity index (χ3n) is 3.44. The summed E-state index contributed by atoms with van der Waals surface area (Å²) >= 11 is 0. The third-order valence-corrected chi connectivity index (χ3v) is 3.44. The highest BCUT2D eigenvalue weighted by molar-refractivity contribution is 5.88. The molecule has 0 aromatic heterocycles. The molecule has 1 amide bonds. The Bertz CT molecular complexity index is 524. The predicted octanol–water partition coefficient (Wildman–Crippen LogP) is 2.31. The Balaban J connectivity index is 1.95. The molecule has 114 valence electrons. The van der Waals surface area contributed by atoms with Crippen molar-refractivity contribution in [2.24, 2.45) is 0 Å². The lowest BCUT2D eigenvalue weighted by Gasteiger charge is -2.20. The van der Waals surface area contributed by atoms with E-state index < -0.39 is 11.8 Å². The molecule has 1 N–H and O–H groups in total. The standard InChI is InChI=1S/C15H18FNO4/c16-12-7-11(15(19)20)8-13(9-12)21-10-14(18)17-5-3-1-2-4-6-17/h7-9H,1-6,10H2,(H,19,20). The van der Waals surface area contributed by atoms with Gasteiger partial charge in [-0.2, -0.15) is 0 Å². The molecule has 5 nitrogen and oxygen atoms in total. The summed E-state index contributed by atoms with van der Waals surface area (Å²) in [5.41, 5.74) is -0.202. The number of rotatable bonds is 4. The van der Waals surface area contributed by atoms with Crippen LogP contribution in [0.15, 0.2) is 18.2 Å². The Labute approximate surface area is 122 Å². The quantitative estimate of drug-likeness (QED) is 0.925. The van der Waals surface area contributed by atoms with Crippen LogP contribution < -0.4 is 4.74 Å². The topological polar surface area (TPSA) is 66.8 Å². The summed E-state index contributed by atoms with van der Waals surface area (Å²) in [4.78, 5) is 24.6. The number of hydrogen-bond acceptors (Lipinski definition) is 3. The van der Waals surface area contributed by atoms with Crippen LogP contribution in [0.4, 0.5) is 4.39 Å². The van der Waals surface area contributed by atoms with Gasteiger partial charge in [-0.05, 0) is 25.0 Å². The molecule has 1 fully saturated rings. The van der Waals surface area contributed by atoms with Crippen molar-refractivity contribution in [3.05, 3.63) is 29.6 Å². The van der Waals surface area contributed by atoms with E-state index in [2.05, 4.69) is 0 Å². The van der Waals surface area contributed by atoms with Crippen molar-refractivity contribution >= 4 is 11.9 Å². The number of carbonyl (C=O) groups is 2. The number of carbonyl (C=O) groups excluding carboxylic acids is 1. The zero-order chi connectivity index (χ0) is 15.2. The van der Waals surface area contributed by atoms with Crippen LogP contribution in [0.1, 0.15) is 36.0 Å². The number of likely N-dealkylation sites (tertiary alicyclic amines) is 1. The van der Waals surface area contributed by atoms with Crippen molar-refractivity contribution in [2.45, 2.75) is 25.7 Å². The molecular weight excluding hydrogens is 277 g/mol. The Morgan fingerprint density at radius 2 is 1.81 bits per heavy atom. The Kier molecular flexibility index (Phi) is 5.14. The van der Waals surface area contributed by atoms with E-state index in [1.807, 2.05) is 0 Å². The van der Waals surface area contributed by atoms with Crippen molar-refractivity contribution in [1.29, 1.82) is 0 Å². The van der Waals surface area contributed by atoms with Gasteiger partial charge in [0.15, 0.2) is 6.61 Å². The SMILES string of the molecule is O=C(O)c1cc(F)cc(OCC(=O)N2CCCCCC2)c1. The fraction of sp³-hybridized carbons (Fsp3) is 0.467. The van der Waals surface area contributed by atoms with Crippen LogP contribution in [-0.2, 0) is 4.79 Å². The maximum atomic E-state index is 13.3. The largest absolute Gasteiger partial charge is 0.484 e. The summed E-state index contributed by atoms with van der Waals surface area (Å²) in [6.45, 7) is 1.22. The number of ether oxygens (including phenoxy) is 1. The summed E-state index contributed by atoms with van der Waals surface area (Å²) in [6, 6.07) is 3.19. The van der Waals surface area contributed by atoms with Crippen LogP contribution in [0.2, 0.25) is 0 Å². The van der Waals surface area contributed by atoms with E-state index in [1.54, 1.807) is 4.90 Å². The Morgan fingerprint density at radius 1 is 1.14 bits per heavy atom. The van der Waals surface area contributed by atoms with Gasteiger partial charge in [0.2, 0.25) is 0 Å². The van der Waals surface area contributed by atoms with Crippen LogP contribution in [0.5, 0.6) is 5.75 Å². The lowest BCUT2D eigenvalue weighted by atomic mass is 10.2. The minimum atomic E-state index is -1.24. The summed E-state index contributed by atoms with van der Waals surface area (Å²) in [7, 11) is 0. The van der Waals surface area contributed by atoms with E-state index in [0.717, 1.165) is 37.8 Å². The van der Waals surface area contributed by atoms with E-state index in [-0.39, 0.29) is 23.8 Å². The van der Waals surface area contributed by atoms with Crippen LogP contribution in [0, 0.1) is 5.82 Å². The van der Waals surface area contributed by atoms with E-state index >= 15 is 0 Å². The summed E-state index contributed by atoms with van der Waals surface area (Å²) in [5, 5.41) is 8.85. The normalized spacial score (nSPS) is 15.4. The van der Waals surface area contributed by atoms with E-state index in [1.165, 1.54) is 6.07 Å². The van der Waals surface area contributed by atoms with Crippen LogP contribution in [-0.4, -0.2) is 41.6 Å². The molecule has 0 radical (unpaired) electrons. The second-order valence-corrected chi connectivity index (χ2v) is 5.06. The number of amides is 1. The van der Waals surface area contributed by atoms with Crippen molar-refractivity contribution in [1.82, 2.24) is 4.90 Å². The average molecular weight is 295 g/mol. The fourth-order valence-corrected chi connectivity index (χ4v) is 2.33. The molecule has 0 aliphatic carbocycles. The minimum Gasteiger partial charge on any atom is -0.484 e. The van der Waals surface area contributed by atoms with Crippen molar-refractivity contribution in [3.8, 4) is 5.75 Å². The molecule has 0 atom stereocenters. The highest BCUT2D eigenvalue weighted by atomic mass is 19.1. The summed E-state index contributed by atoms with van der Waals surface area (Å²) < 4.78 is 18.5. The first kappa shape index (κ1) is 15.3. The van der Waals surface area contributed by atoms with Gasteiger partial charge in [0.25, 0.3) is 5.91 Å². The van der Waals surface area contributed by atoms with Gasteiger partial charge < -0.3 is 14.7 Å². The zero-order valence-corrected chi connectivity index (χ0v) is 11.7. The number of benzene rings is 1. The first-order valence-corrected chi connectivity index (χ1v) is 7.01. The third kappa shape index (κ3) is 4.44. The number of halogens is 1. The number of carboxylic acid groups (broad SMARTS) is 1. The van der Waals surface area contributed by atoms with Crippen molar-refractivity contribution < 1.29 is 23.8 Å². The lowest BCUT2D eigenvalue weighted by molar-refractivity contribution is -0.133. The molecule has 0 bridgehead atoms. The molecule has 0 saturated carbocycles. The highest BCUT2D eigenvalue weighted by Gasteiger charge is 2.16. The molecule has 2 rings (SSSR count). The van der Waals surface area contributed by atoms with Gasteiger partial charge in [-0.3, -0.25) is 4.79 Å². The molecule has 1 aliphatic rings. The van der Waals surface area contributed by atoms with Crippen LogP contribution in [0.3, 0.4) is 0 Å². The van der Waals surface area contributed by atoms with E-state index in [0.29, 0.717) is 13.1 Å². The van der Waals surface area contributed by atoms with E-state index in [9.17, 15) is 14.0 Å². The van der Waals surface area contributed by atoms with Crippen molar-refractivity contribution in [3.63, 3.8) is 0 Å². The molecule has 1 aromatic carbocycles. The first-order valence-electron chi connectivity index (χ1n) is 7.01. The maximum Gasteiger partial charge on any atom is 0.335 e. The number of hydrogen-bond donors (Lipinski definition) is 1. The van der Waals surface area contributed by atoms with Gasteiger partial charge in [0, 0.05) is 19.2 Å². The molecule has 1 saturated heterocycles. The fourth-order valence-electron chi connectivity index (χ4n) is 2.33. The first-order chi connectivity index (χ1) is 10.1. The number of aromatic carboxylic acids is 1. The number of carboxylic acids is 1. The van der Waals surface area contributed by atoms with Crippen LogP contribution >= 0.6 is 0 Å². The average Bonchev–Trinajstić information content (AvgIpc) is 2.73. The van der Waals surface area contributed by atoms with Gasteiger partial charge >= 0.3 is 5.97 Å². The molecule has 1 aliphatic heterocycles. The van der Waals surface area contributed by atoms with Gasteiger partial charge in [0.1, 0.15) is 11.6 Å². The minimum absolute atomic E-state index is 0.0515. The van der Waals surface area contributed by atoms with Gasteiger partial charge in [0.05, 0.1) is 5.56 Å². The molecular formula is C15H18FNO4. The Hall–Kier alpha value is -2.11. The molecule has 21 heavy (non-hydrogen) atoms. The molecule has 1 heterocycles. The van der Waals surface area contributed by atoms with Crippen LogP contribution in [0.25, 0.3) is 0 Å². The molecule has 1 aromatic rings. The highest BCUT2D eigenvalue weighted by Crippen LogP contribution is 2.17. The van der Waals surface area contributed by atoms with Gasteiger partial charge in [-0.25, -0.2) is 9.18 Å². The van der Waals surface area contributed by atoms with Gasteiger partial charge in [-0.1, -0.05) is 12.8 Å². The smallest absolute Gasteiger partial charge is 0.335 e. The second-order valence-electron chi connectivity index (χ2n) is 5.06. The lowest BCUT2D eigenvalue weighted by Crippen LogP contribution is -2.35. The van der Waals surface area contributed by atoms with E-state index in [4.69, 9.17) is 9.84 Å². The summed E-state index contributed by atoms with van der Waals surface area (Å²) in [5.74, 6) is -2.04. The molecule has 0 unspecified atom stereocenters. The monoisotopic (exact) mass is 295 g/mol. The number of nitrogens with zero attached hydrogens (tertiary/aromatic N) is 1. The second kappa shape index (κ2) is 7.06. The Morgan fingerprint density at radius 3 is 2.43 bits per heavy atom. The predicted molar refractivity (Wildman–Crippen MR) is 73.9 cm³/mol. The van der Waals surface area contributed by atoms with Gasteiger partial charge in [-0.15, -0.1) is 0 Å². The molecule has 0 spiro atoms.